The second-order valence-corrected chi connectivity index (χ2v) is 6.59. The summed E-state index contributed by atoms with van der Waals surface area (Å²) >= 11 is 0. The molecular weight excluding hydrogens is 368 g/mol. The van der Waals surface area contributed by atoms with E-state index in [9.17, 15) is 4.79 Å². The molecule has 1 aromatic carbocycles. The van der Waals surface area contributed by atoms with Crippen LogP contribution in [0.5, 0.6) is 0 Å². The summed E-state index contributed by atoms with van der Waals surface area (Å²) in [7, 11) is 1.37. The Kier molecular flexibility index (Phi) is 5.51. The van der Waals surface area contributed by atoms with Crippen LogP contribution in [0.4, 0.5) is 23.1 Å². The standard InChI is InChI=1S/C21H22N6O2/c1-29-21(28)16-6-2-3-7-17(16)25-18-14-20(24-15-23-18)27-12-10-26(11-13-27)19-8-4-5-9-22-19/h2-9,14-15H,10-13H2,1H3,(H,23,24,25). The Bertz CT molecular complexity index is 974. The summed E-state index contributed by atoms with van der Waals surface area (Å²) in [6.07, 6.45) is 3.35. The topological polar surface area (TPSA) is 83.5 Å². The minimum absolute atomic E-state index is 0.395. The molecule has 0 bridgehead atoms. The Morgan fingerprint density at radius 2 is 1.66 bits per heavy atom. The van der Waals surface area contributed by atoms with E-state index in [2.05, 4.69) is 30.1 Å². The fourth-order valence-corrected chi connectivity index (χ4v) is 3.31. The molecule has 3 aromatic rings. The average Bonchev–Trinajstić information content (AvgIpc) is 2.80. The molecule has 1 aliphatic rings. The first-order chi connectivity index (χ1) is 14.2. The number of hydrogen-bond donors (Lipinski definition) is 1. The van der Waals surface area contributed by atoms with Gasteiger partial charge in [-0.15, -0.1) is 0 Å². The number of methoxy groups -OCH3 is 1. The fourth-order valence-electron chi connectivity index (χ4n) is 3.31. The summed E-state index contributed by atoms with van der Waals surface area (Å²) in [6, 6.07) is 15.0. The summed E-state index contributed by atoms with van der Waals surface area (Å²) in [6.45, 7) is 3.42. The van der Waals surface area contributed by atoms with Gasteiger partial charge in [0.2, 0.25) is 0 Å². The number of rotatable bonds is 5. The quantitative estimate of drug-likeness (QED) is 0.666. The first kappa shape index (κ1) is 18.7. The van der Waals surface area contributed by atoms with Gasteiger partial charge in [0.05, 0.1) is 18.4 Å². The van der Waals surface area contributed by atoms with Gasteiger partial charge in [0.1, 0.15) is 23.8 Å². The molecule has 29 heavy (non-hydrogen) atoms. The van der Waals surface area contributed by atoms with Crippen molar-refractivity contribution in [1.29, 1.82) is 0 Å². The molecule has 1 saturated heterocycles. The molecule has 0 atom stereocenters. The highest BCUT2D eigenvalue weighted by Gasteiger charge is 2.19. The van der Waals surface area contributed by atoms with Crippen molar-refractivity contribution in [1.82, 2.24) is 15.0 Å². The Hall–Kier alpha value is -3.68. The first-order valence-electron chi connectivity index (χ1n) is 9.42. The third-order valence-electron chi connectivity index (χ3n) is 4.82. The van der Waals surface area contributed by atoms with Crippen molar-refractivity contribution in [3.05, 3.63) is 66.6 Å². The molecule has 8 heteroatoms. The van der Waals surface area contributed by atoms with Crippen molar-refractivity contribution in [2.75, 3.05) is 48.4 Å². The van der Waals surface area contributed by atoms with Crippen LogP contribution in [0.1, 0.15) is 10.4 Å². The number of para-hydroxylation sites is 1. The summed E-state index contributed by atoms with van der Waals surface area (Å²) in [4.78, 5) is 29.6. The molecule has 4 rings (SSSR count). The molecule has 0 amide bonds. The lowest BCUT2D eigenvalue weighted by atomic mass is 10.2. The minimum atomic E-state index is -0.395. The molecule has 8 nitrogen and oxygen atoms in total. The molecule has 1 aliphatic heterocycles. The van der Waals surface area contributed by atoms with Crippen LogP contribution in [0.2, 0.25) is 0 Å². The lowest BCUT2D eigenvalue weighted by Crippen LogP contribution is -2.47. The Labute approximate surface area is 169 Å². The zero-order valence-electron chi connectivity index (χ0n) is 16.2. The normalized spacial score (nSPS) is 13.8. The van der Waals surface area contributed by atoms with E-state index in [0.29, 0.717) is 17.1 Å². The molecular formula is C21H22N6O2. The van der Waals surface area contributed by atoms with Gasteiger partial charge in [-0.25, -0.2) is 19.7 Å². The van der Waals surface area contributed by atoms with Crippen LogP contribution >= 0.6 is 0 Å². The number of hydrogen-bond acceptors (Lipinski definition) is 8. The van der Waals surface area contributed by atoms with Gasteiger partial charge in [0, 0.05) is 38.4 Å². The number of carbonyl (C=O) groups is 1. The lowest BCUT2D eigenvalue weighted by molar-refractivity contribution is 0.0602. The molecule has 3 heterocycles. The number of anilines is 4. The second kappa shape index (κ2) is 8.55. The Balaban J connectivity index is 1.46. The lowest BCUT2D eigenvalue weighted by Gasteiger charge is -2.36. The molecule has 0 unspecified atom stereocenters. The van der Waals surface area contributed by atoms with Crippen molar-refractivity contribution in [2.24, 2.45) is 0 Å². The minimum Gasteiger partial charge on any atom is -0.465 e. The Morgan fingerprint density at radius 1 is 0.931 bits per heavy atom. The summed E-state index contributed by atoms with van der Waals surface area (Å²) in [5, 5.41) is 3.20. The van der Waals surface area contributed by atoms with Crippen molar-refractivity contribution >= 4 is 29.1 Å². The monoisotopic (exact) mass is 390 g/mol. The van der Waals surface area contributed by atoms with Crippen LogP contribution in [0.25, 0.3) is 0 Å². The molecule has 148 valence electrons. The molecule has 1 N–H and O–H groups in total. The van der Waals surface area contributed by atoms with E-state index in [1.807, 2.05) is 42.6 Å². The Morgan fingerprint density at radius 3 is 2.38 bits per heavy atom. The van der Waals surface area contributed by atoms with Gasteiger partial charge < -0.3 is 19.9 Å². The van der Waals surface area contributed by atoms with E-state index in [1.165, 1.54) is 13.4 Å². The summed E-state index contributed by atoms with van der Waals surface area (Å²) < 4.78 is 4.85. The van der Waals surface area contributed by atoms with E-state index in [4.69, 9.17) is 4.74 Å². The third-order valence-corrected chi connectivity index (χ3v) is 4.82. The number of pyridine rings is 1. The number of nitrogens with zero attached hydrogens (tertiary/aromatic N) is 5. The van der Waals surface area contributed by atoms with Gasteiger partial charge in [-0.3, -0.25) is 0 Å². The van der Waals surface area contributed by atoms with Crippen LogP contribution in [-0.4, -0.2) is 54.2 Å². The fraction of sp³-hybridized carbons (Fsp3) is 0.238. The van der Waals surface area contributed by atoms with Crippen molar-refractivity contribution in [3.8, 4) is 0 Å². The second-order valence-electron chi connectivity index (χ2n) is 6.59. The van der Waals surface area contributed by atoms with Gasteiger partial charge >= 0.3 is 5.97 Å². The number of nitrogens with one attached hydrogen (secondary N) is 1. The maximum absolute atomic E-state index is 12.0. The summed E-state index contributed by atoms with van der Waals surface area (Å²) in [5.41, 5.74) is 1.10. The molecule has 1 fully saturated rings. The number of aromatic nitrogens is 3. The van der Waals surface area contributed by atoms with E-state index >= 15 is 0 Å². The van der Waals surface area contributed by atoms with E-state index in [1.54, 1.807) is 12.1 Å². The van der Waals surface area contributed by atoms with E-state index in [0.717, 1.165) is 37.8 Å². The number of benzene rings is 1. The van der Waals surface area contributed by atoms with Crippen LogP contribution < -0.4 is 15.1 Å². The first-order valence-corrected chi connectivity index (χ1v) is 9.42. The SMILES string of the molecule is COC(=O)c1ccccc1Nc1cc(N2CCN(c3ccccn3)CC2)ncn1. The van der Waals surface area contributed by atoms with Crippen molar-refractivity contribution < 1.29 is 9.53 Å². The number of esters is 1. The van der Waals surface area contributed by atoms with Gasteiger partial charge in [-0.2, -0.15) is 0 Å². The van der Waals surface area contributed by atoms with Gasteiger partial charge in [-0.05, 0) is 24.3 Å². The molecule has 0 radical (unpaired) electrons. The largest absolute Gasteiger partial charge is 0.465 e. The van der Waals surface area contributed by atoms with Gasteiger partial charge in [0.25, 0.3) is 0 Å². The number of piperazine rings is 1. The van der Waals surface area contributed by atoms with Crippen LogP contribution in [-0.2, 0) is 4.74 Å². The molecule has 0 spiro atoms. The predicted octanol–water partition coefficient (Wildman–Crippen LogP) is 2.73. The molecule has 0 saturated carbocycles. The maximum Gasteiger partial charge on any atom is 0.339 e. The zero-order chi connectivity index (χ0) is 20.1. The van der Waals surface area contributed by atoms with Crippen LogP contribution in [0.15, 0.2) is 61.1 Å². The molecule has 0 aliphatic carbocycles. The van der Waals surface area contributed by atoms with Crippen LogP contribution in [0.3, 0.4) is 0 Å². The predicted molar refractivity (Wildman–Crippen MR) is 112 cm³/mol. The van der Waals surface area contributed by atoms with Crippen molar-refractivity contribution in [2.45, 2.75) is 0 Å². The van der Waals surface area contributed by atoms with E-state index < -0.39 is 5.97 Å². The number of carbonyl (C=O) groups excluding carboxylic acids is 1. The zero-order valence-corrected chi connectivity index (χ0v) is 16.2. The summed E-state index contributed by atoms with van der Waals surface area (Å²) in [5.74, 6) is 2.07. The van der Waals surface area contributed by atoms with Gasteiger partial charge in [0.15, 0.2) is 0 Å². The highest BCUT2D eigenvalue weighted by atomic mass is 16.5. The van der Waals surface area contributed by atoms with Crippen molar-refractivity contribution in [3.63, 3.8) is 0 Å². The molecule has 2 aromatic heterocycles. The number of ether oxygens (including phenoxy) is 1. The average molecular weight is 390 g/mol. The maximum atomic E-state index is 12.0. The van der Waals surface area contributed by atoms with Gasteiger partial charge in [-0.1, -0.05) is 18.2 Å². The smallest absolute Gasteiger partial charge is 0.339 e. The highest BCUT2D eigenvalue weighted by Crippen LogP contribution is 2.23. The third kappa shape index (κ3) is 4.26. The highest BCUT2D eigenvalue weighted by molar-refractivity contribution is 5.96. The van der Waals surface area contributed by atoms with Crippen LogP contribution in [0, 0.1) is 0 Å². The van der Waals surface area contributed by atoms with E-state index in [-0.39, 0.29) is 0 Å².